The molecule has 2 bridgehead atoms. The van der Waals surface area contributed by atoms with E-state index < -0.39 is 0 Å². The Morgan fingerprint density at radius 1 is 1.11 bits per heavy atom. The number of carbonyl (C=O) groups excluding carboxylic acids is 3. The molecule has 0 aromatic heterocycles. The number of nitrogens with one attached hydrogen (secondary N) is 1. The number of amides is 2. The molecule has 6 nitrogen and oxygen atoms in total. The fraction of sp³-hybridized carbons (Fsp3) is 0.571. The van der Waals surface area contributed by atoms with Gasteiger partial charge in [-0.3, -0.25) is 14.4 Å². The summed E-state index contributed by atoms with van der Waals surface area (Å²) >= 11 is 0. The van der Waals surface area contributed by atoms with Crippen molar-refractivity contribution in [3.05, 3.63) is 29.8 Å². The Bertz CT molecular complexity index is 799. The van der Waals surface area contributed by atoms with Crippen molar-refractivity contribution in [3.63, 3.8) is 0 Å². The van der Waals surface area contributed by atoms with Gasteiger partial charge in [0.1, 0.15) is 6.10 Å². The van der Waals surface area contributed by atoms with Gasteiger partial charge in [0.15, 0.2) is 0 Å². The third-order valence-electron chi connectivity index (χ3n) is 6.81. The smallest absolute Gasteiger partial charge is 0.310 e. The summed E-state index contributed by atoms with van der Waals surface area (Å²) in [6, 6.07) is 7.14. The van der Waals surface area contributed by atoms with Gasteiger partial charge >= 0.3 is 5.97 Å². The molecule has 4 fully saturated rings. The number of esters is 1. The van der Waals surface area contributed by atoms with E-state index in [2.05, 4.69) is 5.32 Å². The van der Waals surface area contributed by atoms with Crippen LogP contribution in [-0.2, 0) is 14.3 Å². The highest BCUT2D eigenvalue weighted by atomic mass is 16.6. The van der Waals surface area contributed by atoms with Crippen LogP contribution in [0.5, 0.6) is 0 Å². The summed E-state index contributed by atoms with van der Waals surface area (Å²) in [5, 5.41) is 2.95. The number of ether oxygens (including phenoxy) is 1. The molecule has 1 aromatic rings. The topological polar surface area (TPSA) is 75.7 Å². The lowest BCUT2D eigenvalue weighted by Crippen LogP contribution is -2.36. The molecule has 0 spiro atoms. The Morgan fingerprint density at radius 2 is 1.93 bits per heavy atom. The summed E-state index contributed by atoms with van der Waals surface area (Å²) in [6.07, 6.45) is 5.01. The van der Waals surface area contributed by atoms with Crippen LogP contribution in [-0.4, -0.2) is 41.9 Å². The van der Waals surface area contributed by atoms with E-state index in [1.165, 1.54) is 6.42 Å². The van der Waals surface area contributed by atoms with Crippen molar-refractivity contribution < 1.29 is 19.1 Å². The summed E-state index contributed by atoms with van der Waals surface area (Å²) < 4.78 is 5.42. The van der Waals surface area contributed by atoms with Crippen LogP contribution in [0.15, 0.2) is 24.3 Å². The highest BCUT2D eigenvalue weighted by Crippen LogP contribution is 2.57. The van der Waals surface area contributed by atoms with Crippen molar-refractivity contribution in [1.29, 1.82) is 0 Å². The highest BCUT2D eigenvalue weighted by molar-refractivity contribution is 5.99. The lowest BCUT2D eigenvalue weighted by Gasteiger charge is -2.27. The van der Waals surface area contributed by atoms with Gasteiger partial charge in [0, 0.05) is 30.3 Å². The van der Waals surface area contributed by atoms with E-state index in [4.69, 9.17) is 4.74 Å². The molecular weight excluding hydrogens is 344 g/mol. The summed E-state index contributed by atoms with van der Waals surface area (Å²) in [6.45, 7) is 1.59. The maximum Gasteiger partial charge on any atom is 0.310 e. The predicted molar refractivity (Wildman–Crippen MR) is 97.9 cm³/mol. The van der Waals surface area contributed by atoms with Crippen molar-refractivity contribution >= 4 is 23.5 Å². The van der Waals surface area contributed by atoms with Crippen LogP contribution < -0.4 is 5.32 Å². The van der Waals surface area contributed by atoms with Crippen molar-refractivity contribution in [2.45, 2.75) is 38.2 Å². The van der Waals surface area contributed by atoms with Crippen LogP contribution >= 0.6 is 0 Å². The molecule has 4 aliphatic rings. The van der Waals surface area contributed by atoms with Crippen LogP contribution in [0.4, 0.5) is 5.69 Å². The second-order valence-electron chi connectivity index (χ2n) is 8.35. The van der Waals surface area contributed by atoms with E-state index in [0.29, 0.717) is 11.3 Å². The molecule has 0 radical (unpaired) electrons. The van der Waals surface area contributed by atoms with Gasteiger partial charge in [-0.2, -0.15) is 0 Å². The van der Waals surface area contributed by atoms with Gasteiger partial charge in [-0.15, -0.1) is 0 Å². The summed E-state index contributed by atoms with van der Waals surface area (Å²) in [5.41, 5.74) is 1.22. The van der Waals surface area contributed by atoms with Crippen molar-refractivity contribution in [3.8, 4) is 0 Å². The Kier molecular flexibility index (Phi) is 3.95. The SMILES string of the molecule is O=C(Nc1cccc(C(=O)N2CCCCC2)c1)[C@@H]1[C@H]2C[C@@H]3[C@@H]1C(=O)O[C@@H]3C2. The van der Waals surface area contributed by atoms with E-state index in [1.807, 2.05) is 4.90 Å². The van der Waals surface area contributed by atoms with Gasteiger partial charge in [-0.1, -0.05) is 6.07 Å². The number of benzene rings is 1. The molecule has 1 aromatic carbocycles. The number of nitrogens with zero attached hydrogens (tertiary/aromatic N) is 1. The van der Waals surface area contributed by atoms with Gasteiger partial charge in [-0.25, -0.2) is 0 Å². The zero-order valence-corrected chi connectivity index (χ0v) is 15.2. The first-order chi connectivity index (χ1) is 13.1. The Morgan fingerprint density at radius 3 is 2.74 bits per heavy atom. The van der Waals surface area contributed by atoms with Gasteiger partial charge in [0.25, 0.3) is 5.91 Å². The zero-order valence-electron chi connectivity index (χ0n) is 15.2. The zero-order chi connectivity index (χ0) is 18.5. The van der Waals surface area contributed by atoms with E-state index in [1.54, 1.807) is 24.3 Å². The van der Waals surface area contributed by atoms with Crippen LogP contribution in [0, 0.1) is 23.7 Å². The van der Waals surface area contributed by atoms with Crippen molar-refractivity contribution in [2.75, 3.05) is 18.4 Å². The quantitative estimate of drug-likeness (QED) is 0.832. The fourth-order valence-electron chi connectivity index (χ4n) is 5.60. The van der Waals surface area contributed by atoms with Crippen LogP contribution in [0.1, 0.15) is 42.5 Å². The first-order valence-electron chi connectivity index (χ1n) is 10.0. The van der Waals surface area contributed by atoms with E-state index in [-0.39, 0.29) is 47.6 Å². The molecule has 2 aliphatic carbocycles. The third-order valence-corrected chi connectivity index (χ3v) is 6.81. The molecule has 0 unspecified atom stereocenters. The monoisotopic (exact) mass is 368 g/mol. The second-order valence-corrected chi connectivity index (χ2v) is 8.35. The minimum absolute atomic E-state index is 0.0212. The third kappa shape index (κ3) is 2.73. The average Bonchev–Trinajstić information content (AvgIpc) is 3.31. The number of hydrogen-bond donors (Lipinski definition) is 1. The molecule has 5 atom stereocenters. The molecule has 27 heavy (non-hydrogen) atoms. The average molecular weight is 368 g/mol. The Hall–Kier alpha value is -2.37. The normalized spacial score (nSPS) is 33.9. The van der Waals surface area contributed by atoms with Crippen LogP contribution in [0.3, 0.4) is 0 Å². The van der Waals surface area contributed by atoms with E-state index in [9.17, 15) is 14.4 Å². The molecule has 5 rings (SSSR count). The minimum atomic E-state index is -0.303. The number of rotatable bonds is 3. The molecule has 6 heteroatoms. The van der Waals surface area contributed by atoms with Crippen molar-refractivity contribution in [2.24, 2.45) is 23.7 Å². The molecule has 2 heterocycles. The number of fused-ring (bicyclic) bond motifs is 1. The first-order valence-corrected chi connectivity index (χ1v) is 10.0. The van der Waals surface area contributed by atoms with Gasteiger partial charge in [-0.05, 0) is 56.2 Å². The molecule has 2 saturated carbocycles. The lowest BCUT2D eigenvalue weighted by molar-refractivity contribution is -0.145. The number of anilines is 1. The molecule has 1 N–H and O–H groups in total. The van der Waals surface area contributed by atoms with Crippen molar-refractivity contribution in [1.82, 2.24) is 4.90 Å². The summed E-state index contributed by atoms with van der Waals surface area (Å²) in [4.78, 5) is 39.6. The number of piperidine rings is 1. The largest absolute Gasteiger partial charge is 0.462 e. The molecular formula is C21H24N2O4. The second kappa shape index (κ2) is 6.36. The highest BCUT2D eigenvalue weighted by Gasteiger charge is 2.63. The Balaban J connectivity index is 1.30. The number of hydrogen-bond acceptors (Lipinski definition) is 4. The molecule has 2 saturated heterocycles. The fourth-order valence-corrected chi connectivity index (χ4v) is 5.60. The molecule has 2 amide bonds. The van der Waals surface area contributed by atoms with Gasteiger partial charge < -0.3 is 15.0 Å². The molecule has 142 valence electrons. The number of likely N-dealkylation sites (tertiary alicyclic amines) is 1. The lowest BCUT2D eigenvalue weighted by atomic mass is 9.79. The van der Waals surface area contributed by atoms with E-state index >= 15 is 0 Å². The molecule has 2 aliphatic heterocycles. The van der Waals surface area contributed by atoms with Crippen LogP contribution in [0.25, 0.3) is 0 Å². The minimum Gasteiger partial charge on any atom is -0.462 e. The maximum atomic E-state index is 12.9. The van der Waals surface area contributed by atoms with Gasteiger partial charge in [0.2, 0.25) is 5.91 Å². The predicted octanol–water partition coefficient (Wildman–Crippen LogP) is 2.45. The van der Waals surface area contributed by atoms with E-state index in [0.717, 1.165) is 38.8 Å². The van der Waals surface area contributed by atoms with Gasteiger partial charge in [0.05, 0.1) is 11.8 Å². The maximum absolute atomic E-state index is 12.9. The summed E-state index contributed by atoms with van der Waals surface area (Å²) in [5.74, 6) is -0.450. The Labute approximate surface area is 158 Å². The van der Waals surface area contributed by atoms with Crippen LogP contribution in [0.2, 0.25) is 0 Å². The summed E-state index contributed by atoms with van der Waals surface area (Å²) in [7, 11) is 0. The first kappa shape index (κ1) is 16.8. The standard InChI is InChI=1S/C21H24N2O4/c24-19(17-13-10-15-16(11-13)27-21(26)18(15)17)22-14-6-4-5-12(9-14)20(25)23-7-2-1-3-8-23/h4-6,9,13,15-18H,1-3,7-8,10-11H2,(H,22,24)/t13-,15-,16+,17+,18-/m0/s1. The number of carbonyl (C=O) groups is 3.